The predicted molar refractivity (Wildman–Crippen MR) is 102 cm³/mol. The van der Waals surface area contributed by atoms with Gasteiger partial charge in [-0.1, -0.05) is 11.6 Å². The molecule has 0 bridgehead atoms. The van der Waals surface area contributed by atoms with Crippen LogP contribution in [0.4, 0.5) is 5.95 Å². The van der Waals surface area contributed by atoms with E-state index in [1.165, 1.54) is 7.11 Å². The van der Waals surface area contributed by atoms with Gasteiger partial charge in [0.05, 0.1) is 18.4 Å². The number of hydrogen-bond acceptors (Lipinski definition) is 5. The number of nitrogens with zero attached hydrogens (tertiary/aromatic N) is 2. The lowest BCUT2D eigenvalue weighted by atomic mass is 9.76. The van der Waals surface area contributed by atoms with Crippen molar-refractivity contribution in [1.29, 1.82) is 0 Å². The molecule has 1 aromatic heterocycles. The van der Waals surface area contributed by atoms with Crippen molar-refractivity contribution in [3.8, 4) is 5.75 Å². The molecule has 1 saturated heterocycles. The first kappa shape index (κ1) is 17.9. The Labute approximate surface area is 161 Å². The van der Waals surface area contributed by atoms with E-state index >= 15 is 0 Å². The van der Waals surface area contributed by atoms with Crippen molar-refractivity contribution in [3.05, 3.63) is 50.4 Å². The Bertz CT molecular complexity index is 964. The van der Waals surface area contributed by atoms with Gasteiger partial charge in [0.1, 0.15) is 5.75 Å². The lowest BCUT2D eigenvalue weighted by Gasteiger charge is -2.39. The molecule has 1 spiro atoms. The second kappa shape index (κ2) is 6.56. The fraction of sp³-hybridized carbons (Fsp3) is 0.421. The van der Waals surface area contributed by atoms with Crippen LogP contribution in [0.5, 0.6) is 5.75 Å². The zero-order chi connectivity index (χ0) is 19.2. The Kier molecular flexibility index (Phi) is 4.34. The number of methoxy groups -OCH3 is 1. The summed E-state index contributed by atoms with van der Waals surface area (Å²) in [7, 11) is 1.54. The Morgan fingerprint density at radius 1 is 1.33 bits per heavy atom. The average molecular weight is 389 g/mol. The second-order valence-electron chi connectivity index (χ2n) is 7.20. The number of aromatic amines is 1. The van der Waals surface area contributed by atoms with E-state index in [4.69, 9.17) is 22.1 Å². The molecule has 7 nitrogen and oxygen atoms in total. The van der Waals surface area contributed by atoms with Gasteiger partial charge in [0.2, 0.25) is 5.95 Å². The van der Waals surface area contributed by atoms with Crippen molar-refractivity contribution in [2.24, 2.45) is 0 Å². The molecule has 1 aliphatic heterocycles. The van der Waals surface area contributed by atoms with Gasteiger partial charge in [0.15, 0.2) is 0 Å². The predicted octanol–water partition coefficient (Wildman–Crippen LogP) is 2.13. The number of carbonyl (C=O) groups is 1. The maximum absolute atomic E-state index is 13.0. The highest BCUT2D eigenvalue weighted by Crippen LogP contribution is 2.44. The maximum atomic E-state index is 13.0. The summed E-state index contributed by atoms with van der Waals surface area (Å²) in [5.41, 5.74) is 7.46. The van der Waals surface area contributed by atoms with Crippen LogP contribution in [0, 0.1) is 0 Å². The summed E-state index contributed by atoms with van der Waals surface area (Å²) in [6, 6.07) is 5.04. The molecule has 27 heavy (non-hydrogen) atoms. The number of piperidine rings is 1. The molecule has 2 aliphatic rings. The van der Waals surface area contributed by atoms with Gasteiger partial charge in [0, 0.05) is 29.1 Å². The van der Waals surface area contributed by atoms with E-state index in [0.29, 0.717) is 35.8 Å². The van der Waals surface area contributed by atoms with E-state index in [1.54, 1.807) is 18.2 Å². The fourth-order valence-electron chi connectivity index (χ4n) is 4.31. The van der Waals surface area contributed by atoms with Crippen LogP contribution in [-0.4, -0.2) is 41.0 Å². The smallest absolute Gasteiger partial charge is 0.257 e. The standard InChI is InChI=1S/C19H21ClN4O3/c1-27-14-3-2-11(20)10-13(14)17(26)24-8-6-19(7-9-24)5-4-12-15(19)22-18(21)23-16(12)25/h2-3,10H,4-9H2,1H3,(H3,21,22,23,25). The van der Waals surface area contributed by atoms with Crippen LogP contribution in [0.3, 0.4) is 0 Å². The molecule has 142 valence electrons. The highest BCUT2D eigenvalue weighted by Gasteiger charge is 2.44. The lowest BCUT2D eigenvalue weighted by molar-refractivity contribution is 0.0660. The quantitative estimate of drug-likeness (QED) is 0.820. The number of likely N-dealkylation sites (tertiary alicyclic amines) is 1. The molecule has 0 radical (unpaired) electrons. The maximum Gasteiger partial charge on any atom is 0.257 e. The molecular weight excluding hydrogens is 368 g/mol. The van der Waals surface area contributed by atoms with Gasteiger partial charge >= 0.3 is 0 Å². The summed E-state index contributed by atoms with van der Waals surface area (Å²) < 4.78 is 5.31. The van der Waals surface area contributed by atoms with Crippen molar-refractivity contribution in [3.63, 3.8) is 0 Å². The second-order valence-corrected chi connectivity index (χ2v) is 7.63. The van der Waals surface area contributed by atoms with Crippen molar-refractivity contribution in [2.75, 3.05) is 25.9 Å². The molecule has 1 fully saturated rings. The topological polar surface area (TPSA) is 101 Å². The number of anilines is 1. The molecule has 8 heteroatoms. The number of carbonyl (C=O) groups excluding carboxylic acids is 1. The summed E-state index contributed by atoms with van der Waals surface area (Å²) in [6.07, 6.45) is 3.08. The number of nitrogen functional groups attached to an aromatic ring is 1. The number of fused-ring (bicyclic) bond motifs is 2. The van der Waals surface area contributed by atoms with Crippen LogP contribution in [0.1, 0.15) is 40.9 Å². The number of H-pyrrole nitrogens is 1. The molecule has 4 rings (SSSR count). The Balaban J connectivity index is 1.57. The van der Waals surface area contributed by atoms with Crippen molar-refractivity contribution in [2.45, 2.75) is 31.1 Å². The Morgan fingerprint density at radius 2 is 2.07 bits per heavy atom. The molecule has 1 aromatic carbocycles. The van der Waals surface area contributed by atoms with E-state index in [9.17, 15) is 9.59 Å². The number of nitrogens with one attached hydrogen (secondary N) is 1. The van der Waals surface area contributed by atoms with Gasteiger partial charge in [0.25, 0.3) is 11.5 Å². The highest BCUT2D eigenvalue weighted by molar-refractivity contribution is 6.31. The van der Waals surface area contributed by atoms with E-state index in [-0.39, 0.29) is 22.8 Å². The van der Waals surface area contributed by atoms with Crippen LogP contribution in [0.15, 0.2) is 23.0 Å². The van der Waals surface area contributed by atoms with Crippen molar-refractivity contribution < 1.29 is 9.53 Å². The normalized spacial score (nSPS) is 17.8. The van der Waals surface area contributed by atoms with Gasteiger partial charge in [-0.05, 0) is 43.9 Å². The minimum absolute atomic E-state index is 0.0965. The van der Waals surface area contributed by atoms with Crippen LogP contribution in [0.25, 0.3) is 0 Å². The summed E-state index contributed by atoms with van der Waals surface area (Å²) in [6.45, 7) is 1.17. The monoisotopic (exact) mass is 388 g/mol. The van der Waals surface area contributed by atoms with E-state index in [1.807, 2.05) is 4.90 Å². The number of nitrogens with two attached hydrogens (primary N) is 1. The zero-order valence-electron chi connectivity index (χ0n) is 15.0. The van der Waals surface area contributed by atoms with Crippen LogP contribution < -0.4 is 16.0 Å². The molecule has 2 heterocycles. The Hall–Kier alpha value is -2.54. The van der Waals surface area contributed by atoms with Crippen LogP contribution in [-0.2, 0) is 11.8 Å². The summed E-state index contributed by atoms with van der Waals surface area (Å²) in [4.78, 5) is 34.0. The summed E-state index contributed by atoms with van der Waals surface area (Å²) >= 11 is 6.06. The first-order valence-corrected chi connectivity index (χ1v) is 9.33. The summed E-state index contributed by atoms with van der Waals surface area (Å²) in [5.74, 6) is 0.569. The first-order chi connectivity index (χ1) is 12.9. The van der Waals surface area contributed by atoms with E-state index in [0.717, 1.165) is 30.5 Å². The lowest BCUT2D eigenvalue weighted by Crippen LogP contribution is -2.45. The van der Waals surface area contributed by atoms with E-state index < -0.39 is 0 Å². The van der Waals surface area contributed by atoms with Crippen LogP contribution in [0.2, 0.25) is 5.02 Å². The third-order valence-electron chi connectivity index (χ3n) is 5.79. The van der Waals surface area contributed by atoms with E-state index in [2.05, 4.69) is 9.97 Å². The van der Waals surface area contributed by atoms with Gasteiger partial charge < -0.3 is 15.4 Å². The third kappa shape index (κ3) is 2.96. The first-order valence-electron chi connectivity index (χ1n) is 8.95. The molecule has 1 aliphatic carbocycles. The molecule has 2 aromatic rings. The van der Waals surface area contributed by atoms with Gasteiger partial charge in [-0.15, -0.1) is 0 Å². The number of halogens is 1. The number of rotatable bonds is 2. The third-order valence-corrected chi connectivity index (χ3v) is 6.02. The number of hydrogen-bond donors (Lipinski definition) is 2. The van der Waals surface area contributed by atoms with Crippen molar-refractivity contribution in [1.82, 2.24) is 14.9 Å². The fourth-order valence-corrected chi connectivity index (χ4v) is 4.48. The molecular formula is C19H21ClN4O3. The number of amides is 1. The molecule has 0 unspecified atom stereocenters. The van der Waals surface area contributed by atoms with Gasteiger partial charge in [-0.2, -0.15) is 0 Å². The number of aromatic nitrogens is 2. The Morgan fingerprint density at radius 3 is 2.78 bits per heavy atom. The number of benzene rings is 1. The van der Waals surface area contributed by atoms with Crippen LogP contribution >= 0.6 is 11.6 Å². The molecule has 3 N–H and O–H groups in total. The van der Waals surface area contributed by atoms with Crippen molar-refractivity contribution >= 4 is 23.5 Å². The van der Waals surface area contributed by atoms with Gasteiger partial charge in [-0.3, -0.25) is 14.6 Å². The highest BCUT2D eigenvalue weighted by atomic mass is 35.5. The number of ether oxygens (including phenoxy) is 1. The minimum Gasteiger partial charge on any atom is -0.496 e. The SMILES string of the molecule is COc1ccc(Cl)cc1C(=O)N1CCC2(CCc3c2nc(N)[nH]c3=O)CC1. The summed E-state index contributed by atoms with van der Waals surface area (Å²) in [5, 5.41) is 0.497. The average Bonchev–Trinajstić information content (AvgIpc) is 3.00. The largest absolute Gasteiger partial charge is 0.496 e. The molecule has 0 atom stereocenters. The zero-order valence-corrected chi connectivity index (χ0v) is 15.8. The minimum atomic E-state index is -0.174. The molecule has 0 saturated carbocycles. The molecule has 1 amide bonds. The van der Waals surface area contributed by atoms with Gasteiger partial charge in [-0.25, -0.2) is 4.98 Å².